The third-order valence-electron chi connectivity index (χ3n) is 13.6. The van der Waals surface area contributed by atoms with Crippen LogP contribution in [0.2, 0.25) is 0 Å². The van der Waals surface area contributed by atoms with Gasteiger partial charge in [0, 0.05) is 59.9 Å². The Labute approximate surface area is 362 Å². The van der Waals surface area contributed by atoms with E-state index in [0.717, 1.165) is 111 Å². The Kier molecular flexibility index (Phi) is 12.7. The molecule has 6 aromatic rings. The highest BCUT2D eigenvalue weighted by Crippen LogP contribution is 2.42. The molecular formula is C50H56N8O4. The molecule has 2 aliphatic heterocycles. The molecule has 0 spiro atoms. The molecule has 0 unspecified atom stereocenters. The molecule has 6 heterocycles. The number of carbonyl (C=O) groups is 2. The zero-order valence-corrected chi connectivity index (χ0v) is 35.0. The minimum atomic E-state index is -0.429. The van der Waals surface area contributed by atoms with Crippen LogP contribution in [0.25, 0.3) is 0 Å². The summed E-state index contributed by atoms with van der Waals surface area (Å²) in [7, 11) is 0. The van der Waals surface area contributed by atoms with Gasteiger partial charge in [0.15, 0.2) is 0 Å². The van der Waals surface area contributed by atoms with Gasteiger partial charge in [0.1, 0.15) is 12.1 Å². The third kappa shape index (κ3) is 9.56. The van der Waals surface area contributed by atoms with Crippen molar-refractivity contribution in [2.45, 2.75) is 101 Å². The Bertz CT molecular complexity index is 2230. The maximum absolute atomic E-state index is 12.7. The summed E-state index contributed by atoms with van der Waals surface area (Å²) in [5.41, 5.74) is 8.27. The van der Waals surface area contributed by atoms with Gasteiger partial charge in [-0.3, -0.25) is 28.9 Å². The quantitative estimate of drug-likeness (QED) is 0.0961. The van der Waals surface area contributed by atoms with E-state index in [4.69, 9.17) is 0 Å². The summed E-state index contributed by atoms with van der Waals surface area (Å²) in [6, 6.07) is 27.6. The summed E-state index contributed by atoms with van der Waals surface area (Å²) in [4.78, 5) is 33.6. The van der Waals surface area contributed by atoms with Gasteiger partial charge in [0.2, 0.25) is 11.8 Å². The van der Waals surface area contributed by atoms with Gasteiger partial charge < -0.3 is 20.8 Å². The van der Waals surface area contributed by atoms with Crippen LogP contribution >= 0.6 is 0 Å². The van der Waals surface area contributed by atoms with E-state index >= 15 is 0 Å². The summed E-state index contributed by atoms with van der Waals surface area (Å²) < 4.78 is 3.67. The summed E-state index contributed by atoms with van der Waals surface area (Å²) in [5.74, 6) is 1.75. The molecule has 0 radical (unpaired) electrons. The number of amides is 2. The van der Waals surface area contributed by atoms with E-state index in [1.165, 1.54) is 11.1 Å². The molecule has 12 heteroatoms. The molecule has 8 atom stereocenters. The first-order chi connectivity index (χ1) is 30.3. The van der Waals surface area contributed by atoms with Crippen molar-refractivity contribution in [2.24, 2.45) is 23.7 Å². The van der Waals surface area contributed by atoms with E-state index in [1.807, 2.05) is 70.0 Å². The molecular weight excluding hydrogens is 777 g/mol. The van der Waals surface area contributed by atoms with Gasteiger partial charge in [-0.25, -0.2) is 0 Å². The summed E-state index contributed by atoms with van der Waals surface area (Å²) >= 11 is 0. The normalized spacial score (nSPS) is 23.5. The van der Waals surface area contributed by atoms with Gasteiger partial charge in [-0.1, -0.05) is 36.4 Å². The third-order valence-corrected chi connectivity index (χ3v) is 13.6. The van der Waals surface area contributed by atoms with E-state index in [0.29, 0.717) is 23.7 Å². The molecule has 2 fully saturated rings. The standard InChI is InChI=1S/2C25H28N4O2/c2*30-24(20-2-1-12-26-16-20)19-6-3-18(15-19)14-17-4-7-21(8-5-17)28-25(31)23-10-9-22-11-13-27-29(22)23/h2*1-2,4-5,7-8,11-13,16,18-19,23-24,30H,3,6,9-10,14-15H2,(H,28,31)/t18-,19-,23+,24-;18-,19-,23-,24-/m00/s1. The van der Waals surface area contributed by atoms with Crippen LogP contribution in [0.3, 0.4) is 0 Å². The second kappa shape index (κ2) is 19.0. The number of nitrogens with zero attached hydrogens (tertiary/aromatic N) is 6. The number of aromatic nitrogens is 6. The Balaban J connectivity index is 0.000000158. The first kappa shape index (κ1) is 41.4. The number of aliphatic hydroxyl groups excluding tert-OH is 2. The first-order valence-corrected chi connectivity index (χ1v) is 22.3. The number of rotatable bonds is 12. The monoisotopic (exact) mass is 832 g/mol. The van der Waals surface area contributed by atoms with Gasteiger partial charge in [-0.05, 0) is 172 Å². The Morgan fingerprint density at radius 1 is 0.565 bits per heavy atom. The second-order valence-corrected chi connectivity index (χ2v) is 17.8. The molecule has 4 N–H and O–H groups in total. The predicted octanol–water partition coefficient (Wildman–Crippen LogP) is 8.19. The average Bonchev–Trinajstić information content (AvgIpc) is 4.16. The zero-order chi connectivity index (χ0) is 42.4. The van der Waals surface area contributed by atoms with Gasteiger partial charge in [-0.15, -0.1) is 0 Å². The second-order valence-electron chi connectivity index (χ2n) is 17.8. The molecule has 2 saturated carbocycles. The molecule has 0 saturated heterocycles. The smallest absolute Gasteiger partial charge is 0.249 e. The highest BCUT2D eigenvalue weighted by Gasteiger charge is 2.33. The van der Waals surface area contributed by atoms with Crippen molar-refractivity contribution < 1.29 is 19.8 Å². The van der Waals surface area contributed by atoms with Crippen LogP contribution in [0.1, 0.15) is 109 Å². The fourth-order valence-electron chi connectivity index (χ4n) is 10.3. The van der Waals surface area contributed by atoms with Crippen molar-refractivity contribution in [3.05, 3.63) is 156 Å². The fraction of sp³-hybridized carbons (Fsp3) is 0.400. The highest BCUT2D eigenvalue weighted by atomic mass is 16.3. The lowest BCUT2D eigenvalue weighted by Crippen LogP contribution is -2.24. The molecule has 0 bridgehead atoms. The Morgan fingerprint density at radius 3 is 1.40 bits per heavy atom. The van der Waals surface area contributed by atoms with Crippen molar-refractivity contribution in [3.63, 3.8) is 0 Å². The van der Waals surface area contributed by atoms with Crippen molar-refractivity contribution >= 4 is 23.2 Å². The molecule has 2 aromatic carbocycles. The van der Waals surface area contributed by atoms with Gasteiger partial charge >= 0.3 is 0 Å². The number of benzene rings is 2. The molecule has 2 aliphatic carbocycles. The van der Waals surface area contributed by atoms with Crippen LogP contribution in [0.5, 0.6) is 0 Å². The number of nitrogens with one attached hydrogen (secondary N) is 2. The molecule has 12 nitrogen and oxygen atoms in total. The minimum absolute atomic E-state index is 0.00164. The fourth-order valence-corrected chi connectivity index (χ4v) is 10.3. The first-order valence-electron chi connectivity index (χ1n) is 22.3. The van der Waals surface area contributed by atoms with Crippen LogP contribution in [0.4, 0.5) is 11.4 Å². The predicted molar refractivity (Wildman–Crippen MR) is 237 cm³/mol. The molecule has 62 heavy (non-hydrogen) atoms. The van der Waals surface area contributed by atoms with Crippen molar-refractivity contribution in [2.75, 3.05) is 10.6 Å². The van der Waals surface area contributed by atoms with Crippen molar-refractivity contribution in [1.82, 2.24) is 29.5 Å². The van der Waals surface area contributed by atoms with E-state index in [-0.39, 0.29) is 23.9 Å². The number of fused-ring (bicyclic) bond motifs is 2. The summed E-state index contributed by atoms with van der Waals surface area (Å²) in [6.07, 6.45) is 21.5. The number of carbonyl (C=O) groups excluding carboxylic acids is 2. The lowest BCUT2D eigenvalue weighted by Gasteiger charge is -2.18. The topological polar surface area (TPSA) is 160 Å². The Hall–Kier alpha value is -5.98. The zero-order valence-electron chi connectivity index (χ0n) is 35.0. The minimum Gasteiger partial charge on any atom is -0.388 e. The van der Waals surface area contributed by atoms with Gasteiger partial charge in [-0.2, -0.15) is 10.2 Å². The van der Waals surface area contributed by atoms with Crippen LogP contribution < -0.4 is 10.6 Å². The number of pyridine rings is 2. The van der Waals surface area contributed by atoms with E-state index in [9.17, 15) is 19.8 Å². The lowest BCUT2D eigenvalue weighted by molar-refractivity contribution is -0.120. The van der Waals surface area contributed by atoms with Gasteiger partial charge in [0.25, 0.3) is 0 Å². The molecule has 320 valence electrons. The summed E-state index contributed by atoms with van der Waals surface area (Å²) in [5, 5.41) is 36.0. The SMILES string of the molecule is O=C(Nc1ccc(C[C@@H]2CC[C@H]([C@H](O)c3cccnc3)C2)cc1)[C@@H]1CCc2ccnn21.O=C(Nc1ccc(C[C@@H]2CC[C@H]([C@H](O)c3cccnc3)C2)cc1)[C@H]1CCc2ccnn21. The maximum Gasteiger partial charge on any atom is 0.249 e. The largest absolute Gasteiger partial charge is 0.388 e. The van der Waals surface area contributed by atoms with E-state index < -0.39 is 12.2 Å². The van der Waals surface area contributed by atoms with Crippen LogP contribution in [-0.2, 0) is 35.3 Å². The van der Waals surface area contributed by atoms with E-state index in [2.05, 4.69) is 55.1 Å². The maximum atomic E-state index is 12.7. The van der Waals surface area contributed by atoms with Gasteiger partial charge in [0.05, 0.1) is 12.2 Å². The van der Waals surface area contributed by atoms with Crippen molar-refractivity contribution in [1.29, 1.82) is 0 Å². The average molecular weight is 833 g/mol. The van der Waals surface area contributed by atoms with E-state index in [1.54, 1.807) is 37.2 Å². The summed E-state index contributed by atoms with van der Waals surface area (Å²) in [6.45, 7) is 0. The van der Waals surface area contributed by atoms with Crippen LogP contribution in [0, 0.1) is 23.7 Å². The molecule has 4 aromatic heterocycles. The number of hydrogen-bond donors (Lipinski definition) is 4. The highest BCUT2D eigenvalue weighted by molar-refractivity contribution is 5.94. The Morgan fingerprint density at radius 2 is 1.00 bits per heavy atom. The molecule has 10 rings (SSSR count). The number of hydrogen-bond acceptors (Lipinski definition) is 8. The van der Waals surface area contributed by atoms with Crippen LogP contribution in [-0.4, -0.2) is 51.6 Å². The molecule has 2 amide bonds. The van der Waals surface area contributed by atoms with Crippen molar-refractivity contribution in [3.8, 4) is 0 Å². The molecule has 4 aliphatic rings. The van der Waals surface area contributed by atoms with Crippen LogP contribution in [0.15, 0.2) is 122 Å². The number of aryl methyl sites for hydroxylation is 2. The number of anilines is 2. The lowest BCUT2D eigenvalue weighted by atomic mass is 9.92. The number of aliphatic hydroxyl groups is 2.